The number of amides is 5. The maximum atomic E-state index is 13.0. The van der Waals surface area contributed by atoms with Crippen LogP contribution in [0.5, 0.6) is 0 Å². The molecule has 7 N–H and O–H groups in total. The molecule has 0 radical (unpaired) electrons. The van der Waals surface area contributed by atoms with Crippen LogP contribution in [0.2, 0.25) is 0 Å². The van der Waals surface area contributed by atoms with Crippen molar-refractivity contribution in [1.82, 2.24) is 21.3 Å². The number of aliphatic hydroxyl groups is 1. The molecule has 0 bridgehead atoms. The quantitative estimate of drug-likeness (QED) is 0.176. The maximum Gasteiger partial charge on any atom is 0.416 e. The molecule has 43 heavy (non-hydrogen) atoms. The van der Waals surface area contributed by atoms with Crippen LogP contribution in [0.4, 0.5) is 13.2 Å². The first-order valence-electron chi connectivity index (χ1n) is 13.5. The van der Waals surface area contributed by atoms with Crippen LogP contribution in [-0.2, 0) is 25.6 Å². The fourth-order valence-electron chi connectivity index (χ4n) is 3.97. The van der Waals surface area contributed by atoms with Gasteiger partial charge in [-0.2, -0.15) is 13.2 Å². The van der Waals surface area contributed by atoms with E-state index >= 15 is 0 Å². The number of primary amides is 1. The molecule has 0 saturated heterocycles. The molecule has 0 spiro atoms. The Morgan fingerprint density at radius 3 is 2.00 bits per heavy atom. The Labute approximate surface area is 246 Å². The highest BCUT2D eigenvalue weighted by Gasteiger charge is 2.44. The van der Waals surface area contributed by atoms with Crippen LogP contribution in [-0.4, -0.2) is 72.1 Å². The minimum Gasteiger partial charge on any atom is -0.382 e. The van der Waals surface area contributed by atoms with Crippen LogP contribution >= 0.6 is 0 Å². The first-order chi connectivity index (χ1) is 20.2. The van der Waals surface area contributed by atoms with Gasteiger partial charge in [0.2, 0.25) is 23.6 Å². The number of hydrogen-bond acceptors (Lipinski definition) is 6. The number of halogens is 3. The van der Waals surface area contributed by atoms with E-state index in [4.69, 9.17) is 5.73 Å². The molecular weight excluding hydrogens is 571 g/mol. The molecular formula is C29H36F3N5O6. The SMILES string of the molecule is CC(C)c1ccc(C(=O)NCC(=O)N[C@@H](Cc2ccccc2)C(=O)NCC(=O)NC(CCC(N)=O)C(O)C(F)(F)F)cc1. The molecule has 0 heterocycles. The van der Waals surface area contributed by atoms with Crippen LogP contribution in [0.15, 0.2) is 54.6 Å². The van der Waals surface area contributed by atoms with E-state index in [1.807, 2.05) is 19.2 Å². The molecule has 5 amide bonds. The molecule has 2 rings (SSSR count). The Hall–Kier alpha value is -4.46. The van der Waals surface area contributed by atoms with Crippen LogP contribution in [0, 0.1) is 0 Å². The molecule has 3 atom stereocenters. The van der Waals surface area contributed by atoms with Crippen molar-refractivity contribution in [3.63, 3.8) is 0 Å². The standard InChI is InChI=1S/C29H36F3N5O6/c1-17(2)19-8-10-20(11-9-19)27(42)34-15-25(40)37-22(14-18-6-4-3-5-7-18)28(43)35-16-24(39)36-21(12-13-23(33)38)26(41)29(30,31)32/h3-11,17,21-22,26,41H,12-16H2,1-2H3,(H2,33,38)(H,34,42)(H,35,43)(H,36,39)(H,37,40)/t21?,22-,26?/m0/s1. The lowest BCUT2D eigenvalue weighted by molar-refractivity contribution is -0.212. The second-order valence-electron chi connectivity index (χ2n) is 10.2. The van der Waals surface area contributed by atoms with Crippen molar-refractivity contribution in [2.75, 3.05) is 13.1 Å². The highest BCUT2D eigenvalue weighted by atomic mass is 19.4. The van der Waals surface area contributed by atoms with Gasteiger partial charge in [0.25, 0.3) is 5.91 Å². The van der Waals surface area contributed by atoms with E-state index in [0.29, 0.717) is 11.1 Å². The Bertz CT molecular complexity index is 1260. The number of carbonyl (C=O) groups is 5. The summed E-state index contributed by atoms with van der Waals surface area (Å²) in [5.41, 5.74) is 7.00. The van der Waals surface area contributed by atoms with E-state index < -0.39 is 79.8 Å². The highest BCUT2D eigenvalue weighted by molar-refractivity contribution is 5.97. The average molecular weight is 608 g/mol. The van der Waals surface area contributed by atoms with E-state index in [9.17, 15) is 42.3 Å². The second kappa shape index (κ2) is 16.2. The first kappa shape index (κ1) is 34.7. The Morgan fingerprint density at radius 1 is 0.860 bits per heavy atom. The van der Waals surface area contributed by atoms with Gasteiger partial charge < -0.3 is 32.1 Å². The Morgan fingerprint density at radius 2 is 1.44 bits per heavy atom. The van der Waals surface area contributed by atoms with E-state index in [2.05, 4.69) is 16.0 Å². The summed E-state index contributed by atoms with van der Waals surface area (Å²) in [6.07, 6.45) is -9.18. The van der Waals surface area contributed by atoms with E-state index in [0.717, 1.165) is 5.56 Å². The number of carbonyl (C=O) groups excluding carboxylic acids is 5. The second-order valence-corrected chi connectivity index (χ2v) is 10.2. The summed E-state index contributed by atoms with van der Waals surface area (Å²) >= 11 is 0. The summed E-state index contributed by atoms with van der Waals surface area (Å²) in [4.78, 5) is 61.4. The van der Waals surface area contributed by atoms with Gasteiger partial charge in [-0.25, -0.2) is 0 Å². The molecule has 11 nitrogen and oxygen atoms in total. The van der Waals surface area contributed by atoms with Gasteiger partial charge in [-0.15, -0.1) is 0 Å². The minimum atomic E-state index is -5.09. The number of nitrogens with one attached hydrogen (secondary N) is 4. The molecule has 0 aliphatic rings. The molecule has 2 unspecified atom stereocenters. The number of aliphatic hydroxyl groups excluding tert-OH is 1. The normalized spacial score (nSPS) is 13.4. The minimum absolute atomic E-state index is 0.00132. The van der Waals surface area contributed by atoms with Crippen LogP contribution < -0.4 is 27.0 Å². The van der Waals surface area contributed by atoms with Crippen molar-refractivity contribution < 1.29 is 42.3 Å². The Balaban J connectivity index is 2.02. The molecule has 0 aliphatic heterocycles. The molecule has 0 aromatic heterocycles. The van der Waals surface area contributed by atoms with Crippen LogP contribution in [0.3, 0.4) is 0 Å². The van der Waals surface area contributed by atoms with E-state index in [-0.39, 0.29) is 12.3 Å². The number of rotatable bonds is 15. The predicted molar refractivity (Wildman–Crippen MR) is 150 cm³/mol. The average Bonchev–Trinajstić information content (AvgIpc) is 2.96. The van der Waals surface area contributed by atoms with Crippen molar-refractivity contribution in [3.05, 3.63) is 71.3 Å². The zero-order valence-electron chi connectivity index (χ0n) is 23.7. The third-order valence-electron chi connectivity index (χ3n) is 6.37. The van der Waals surface area contributed by atoms with Gasteiger partial charge >= 0.3 is 6.18 Å². The number of nitrogens with two attached hydrogens (primary N) is 1. The van der Waals surface area contributed by atoms with Gasteiger partial charge in [-0.1, -0.05) is 56.3 Å². The van der Waals surface area contributed by atoms with Gasteiger partial charge in [0.15, 0.2) is 6.10 Å². The molecule has 234 valence electrons. The fraction of sp³-hybridized carbons (Fsp3) is 0.414. The van der Waals surface area contributed by atoms with E-state index in [1.54, 1.807) is 54.6 Å². The molecule has 0 fully saturated rings. The maximum absolute atomic E-state index is 13.0. The van der Waals surface area contributed by atoms with Crippen molar-refractivity contribution in [2.24, 2.45) is 5.73 Å². The van der Waals surface area contributed by atoms with Gasteiger partial charge in [-0.05, 0) is 35.6 Å². The summed E-state index contributed by atoms with van der Waals surface area (Å²) in [6.45, 7) is 2.77. The van der Waals surface area contributed by atoms with Crippen molar-refractivity contribution >= 4 is 29.5 Å². The van der Waals surface area contributed by atoms with Crippen molar-refractivity contribution in [1.29, 1.82) is 0 Å². The monoisotopic (exact) mass is 607 g/mol. The topological polar surface area (TPSA) is 180 Å². The number of benzene rings is 2. The smallest absolute Gasteiger partial charge is 0.382 e. The largest absolute Gasteiger partial charge is 0.416 e. The third-order valence-corrected chi connectivity index (χ3v) is 6.37. The molecule has 14 heteroatoms. The highest BCUT2D eigenvalue weighted by Crippen LogP contribution is 2.24. The zero-order valence-corrected chi connectivity index (χ0v) is 23.7. The van der Waals surface area contributed by atoms with Gasteiger partial charge in [0.05, 0.1) is 19.1 Å². The number of hydrogen-bond donors (Lipinski definition) is 6. The lowest BCUT2D eigenvalue weighted by Crippen LogP contribution is -2.54. The summed E-state index contributed by atoms with van der Waals surface area (Å²) in [6, 6.07) is 12.3. The number of alkyl halides is 3. The van der Waals surface area contributed by atoms with Crippen LogP contribution in [0.1, 0.15) is 54.1 Å². The zero-order chi connectivity index (χ0) is 32.2. The summed E-state index contributed by atoms with van der Waals surface area (Å²) in [7, 11) is 0. The summed E-state index contributed by atoms with van der Waals surface area (Å²) in [5.74, 6) is -3.76. The van der Waals surface area contributed by atoms with Gasteiger partial charge in [-0.3, -0.25) is 24.0 Å². The molecule has 0 saturated carbocycles. The third kappa shape index (κ3) is 12.1. The first-order valence-corrected chi connectivity index (χ1v) is 13.5. The fourth-order valence-corrected chi connectivity index (χ4v) is 3.97. The lowest BCUT2D eigenvalue weighted by Gasteiger charge is -2.26. The predicted octanol–water partition coefficient (Wildman–Crippen LogP) is 1.06. The summed E-state index contributed by atoms with van der Waals surface area (Å²) < 4.78 is 39.1. The lowest BCUT2D eigenvalue weighted by atomic mass is 10.0. The van der Waals surface area contributed by atoms with Gasteiger partial charge in [0.1, 0.15) is 6.04 Å². The molecule has 2 aromatic carbocycles. The van der Waals surface area contributed by atoms with Crippen LogP contribution in [0.25, 0.3) is 0 Å². The van der Waals surface area contributed by atoms with Crippen molar-refractivity contribution in [3.8, 4) is 0 Å². The van der Waals surface area contributed by atoms with Crippen molar-refractivity contribution in [2.45, 2.75) is 63.4 Å². The molecule has 0 aliphatic carbocycles. The molecule has 2 aromatic rings. The summed E-state index contributed by atoms with van der Waals surface area (Å²) in [5, 5.41) is 18.8. The van der Waals surface area contributed by atoms with E-state index in [1.165, 1.54) is 0 Å². The Kier molecular flexibility index (Phi) is 13.1. The van der Waals surface area contributed by atoms with Gasteiger partial charge in [0, 0.05) is 18.4 Å².